The second kappa shape index (κ2) is 7.33. The number of urea groups is 1. The van der Waals surface area contributed by atoms with Crippen LogP contribution >= 0.6 is 0 Å². The van der Waals surface area contributed by atoms with E-state index in [2.05, 4.69) is 12.2 Å². The number of methoxy groups -OCH3 is 1. The highest BCUT2D eigenvalue weighted by Gasteiger charge is 2.28. The maximum absolute atomic E-state index is 11.9. The van der Waals surface area contributed by atoms with Crippen LogP contribution in [0.5, 0.6) is 0 Å². The SMILES string of the molecule is COC1CN(C(=O)NCCC(C)C(=O)O)CCC1C. The lowest BCUT2D eigenvalue weighted by molar-refractivity contribution is -0.141. The molecule has 3 atom stereocenters. The van der Waals surface area contributed by atoms with E-state index in [1.165, 1.54) is 0 Å². The van der Waals surface area contributed by atoms with Crippen molar-refractivity contribution in [1.29, 1.82) is 0 Å². The Hall–Kier alpha value is -1.30. The normalized spacial score (nSPS) is 24.9. The summed E-state index contributed by atoms with van der Waals surface area (Å²) < 4.78 is 5.36. The van der Waals surface area contributed by atoms with Gasteiger partial charge in [-0.1, -0.05) is 13.8 Å². The van der Waals surface area contributed by atoms with E-state index < -0.39 is 11.9 Å². The molecule has 6 nitrogen and oxygen atoms in total. The van der Waals surface area contributed by atoms with Gasteiger partial charge in [0.2, 0.25) is 0 Å². The summed E-state index contributed by atoms with van der Waals surface area (Å²) in [5.74, 6) is -0.810. The maximum atomic E-state index is 11.9. The second-order valence-corrected chi connectivity index (χ2v) is 5.25. The summed E-state index contributed by atoms with van der Waals surface area (Å²) in [4.78, 5) is 24.3. The summed E-state index contributed by atoms with van der Waals surface area (Å²) in [5, 5.41) is 11.5. The molecular formula is C13H24N2O4. The number of piperidine rings is 1. The Morgan fingerprint density at radius 3 is 2.79 bits per heavy atom. The highest BCUT2D eigenvalue weighted by atomic mass is 16.5. The first-order valence-corrected chi connectivity index (χ1v) is 6.74. The summed E-state index contributed by atoms with van der Waals surface area (Å²) in [6.07, 6.45) is 1.45. The fraction of sp³-hybridized carbons (Fsp3) is 0.846. The smallest absolute Gasteiger partial charge is 0.317 e. The van der Waals surface area contributed by atoms with Crippen LogP contribution in [0.2, 0.25) is 0 Å². The zero-order chi connectivity index (χ0) is 14.4. The number of hydrogen-bond acceptors (Lipinski definition) is 3. The first-order valence-electron chi connectivity index (χ1n) is 6.74. The molecule has 1 aliphatic heterocycles. The zero-order valence-corrected chi connectivity index (χ0v) is 11.9. The van der Waals surface area contributed by atoms with Crippen molar-refractivity contribution in [3.8, 4) is 0 Å². The minimum absolute atomic E-state index is 0.0810. The van der Waals surface area contributed by atoms with Crippen LogP contribution in [0, 0.1) is 11.8 Å². The number of carboxylic acids is 1. The number of rotatable bonds is 5. The molecular weight excluding hydrogens is 248 g/mol. The van der Waals surface area contributed by atoms with E-state index in [-0.39, 0.29) is 12.1 Å². The number of ether oxygens (including phenoxy) is 1. The van der Waals surface area contributed by atoms with Gasteiger partial charge in [0.1, 0.15) is 0 Å². The van der Waals surface area contributed by atoms with Crippen LogP contribution < -0.4 is 5.32 Å². The molecule has 0 aliphatic carbocycles. The number of hydrogen-bond donors (Lipinski definition) is 2. The molecule has 19 heavy (non-hydrogen) atoms. The number of carboxylic acid groups (broad SMARTS) is 1. The molecule has 1 heterocycles. The molecule has 2 amide bonds. The monoisotopic (exact) mass is 272 g/mol. The molecule has 0 radical (unpaired) electrons. The number of carbonyl (C=O) groups excluding carboxylic acids is 1. The molecule has 110 valence electrons. The van der Waals surface area contributed by atoms with Crippen LogP contribution in [0.3, 0.4) is 0 Å². The van der Waals surface area contributed by atoms with Crippen molar-refractivity contribution in [3.05, 3.63) is 0 Å². The van der Waals surface area contributed by atoms with Gasteiger partial charge < -0.3 is 20.1 Å². The van der Waals surface area contributed by atoms with Crippen molar-refractivity contribution in [3.63, 3.8) is 0 Å². The number of nitrogens with one attached hydrogen (secondary N) is 1. The van der Waals surface area contributed by atoms with E-state index in [9.17, 15) is 9.59 Å². The fourth-order valence-corrected chi connectivity index (χ4v) is 2.16. The van der Waals surface area contributed by atoms with Crippen molar-refractivity contribution >= 4 is 12.0 Å². The first-order chi connectivity index (χ1) is 8.95. The lowest BCUT2D eigenvalue weighted by Crippen LogP contribution is -2.50. The largest absolute Gasteiger partial charge is 0.481 e. The number of nitrogens with zero attached hydrogens (tertiary/aromatic N) is 1. The highest BCUT2D eigenvalue weighted by Crippen LogP contribution is 2.19. The van der Waals surface area contributed by atoms with Gasteiger partial charge in [-0.15, -0.1) is 0 Å². The predicted octanol–water partition coefficient (Wildman–Crippen LogP) is 1.16. The van der Waals surface area contributed by atoms with Gasteiger partial charge >= 0.3 is 12.0 Å². The third-order valence-electron chi connectivity index (χ3n) is 3.75. The number of aliphatic carboxylic acids is 1. The van der Waals surface area contributed by atoms with Gasteiger partial charge in [0.05, 0.1) is 12.0 Å². The molecule has 6 heteroatoms. The zero-order valence-electron chi connectivity index (χ0n) is 11.9. The third-order valence-corrected chi connectivity index (χ3v) is 3.75. The molecule has 2 N–H and O–H groups in total. The van der Waals surface area contributed by atoms with Crippen molar-refractivity contribution in [2.24, 2.45) is 11.8 Å². The van der Waals surface area contributed by atoms with Crippen molar-refractivity contribution in [2.45, 2.75) is 32.8 Å². The van der Waals surface area contributed by atoms with Crippen LogP contribution in [-0.2, 0) is 9.53 Å². The second-order valence-electron chi connectivity index (χ2n) is 5.25. The van der Waals surface area contributed by atoms with Gasteiger partial charge in [-0.25, -0.2) is 4.79 Å². The van der Waals surface area contributed by atoms with Gasteiger partial charge in [-0.05, 0) is 18.8 Å². The lowest BCUT2D eigenvalue weighted by atomic mass is 9.96. The number of carbonyl (C=O) groups is 2. The molecule has 0 aromatic carbocycles. The molecule has 0 aromatic heterocycles. The average molecular weight is 272 g/mol. The Balaban J connectivity index is 2.32. The van der Waals surface area contributed by atoms with Crippen LogP contribution in [0.25, 0.3) is 0 Å². The van der Waals surface area contributed by atoms with E-state index >= 15 is 0 Å². The summed E-state index contributed by atoms with van der Waals surface area (Å²) in [5.41, 5.74) is 0. The van der Waals surface area contributed by atoms with Gasteiger partial charge in [0, 0.05) is 26.7 Å². The molecule has 0 bridgehead atoms. The highest BCUT2D eigenvalue weighted by molar-refractivity contribution is 5.74. The van der Waals surface area contributed by atoms with Crippen LogP contribution in [0.4, 0.5) is 4.79 Å². The van der Waals surface area contributed by atoms with E-state index in [1.807, 2.05) is 0 Å². The van der Waals surface area contributed by atoms with Crippen LogP contribution in [-0.4, -0.2) is 54.9 Å². The van der Waals surface area contributed by atoms with Crippen molar-refractivity contribution < 1.29 is 19.4 Å². The Morgan fingerprint density at radius 2 is 2.21 bits per heavy atom. The molecule has 1 rings (SSSR count). The summed E-state index contributed by atoms with van der Waals surface area (Å²) in [6, 6.07) is -0.133. The Labute approximate surface area is 114 Å². The molecule has 1 fully saturated rings. The number of likely N-dealkylation sites (tertiary alicyclic amines) is 1. The predicted molar refractivity (Wildman–Crippen MR) is 71.0 cm³/mol. The minimum Gasteiger partial charge on any atom is -0.481 e. The lowest BCUT2D eigenvalue weighted by Gasteiger charge is -2.36. The standard InChI is InChI=1S/C13H24N2O4/c1-9-5-7-15(8-11(9)19-3)13(18)14-6-4-10(2)12(16)17/h9-11H,4-8H2,1-3H3,(H,14,18)(H,16,17). The Kier molecular flexibility index (Phi) is 6.08. The van der Waals surface area contributed by atoms with Crippen LogP contribution in [0.15, 0.2) is 0 Å². The molecule has 0 saturated carbocycles. The molecule has 1 aliphatic rings. The number of amides is 2. The van der Waals surface area contributed by atoms with E-state index in [0.717, 1.165) is 13.0 Å². The third kappa shape index (κ3) is 4.70. The molecule has 1 saturated heterocycles. The van der Waals surface area contributed by atoms with Crippen LogP contribution in [0.1, 0.15) is 26.7 Å². The van der Waals surface area contributed by atoms with Gasteiger partial charge in [0.25, 0.3) is 0 Å². The summed E-state index contributed by atoms with van der Waals surface area (Å²) >= 11 is 0. The summed E-state index contributed by atoms with van der Waals surface area (Å²) in [7, 11) is 1.66. The van der Waals surface area contributed by atoms with Crippen molar-refractivity contribution in [1.82, 2.24) is 10.2 Å². The summed E-state index contributed by atoms with van der Waals surface area (Å²) in [6.45, 7) is 5.46. The average Bonchev–Trinajstić information content (AvgIpc) is 2.38. The van der Waals surface area contributed by atoms with Gasteiger partial charge in [0.15, 0.2) is 0 Å². The maximum Gasteiger partial charge on any atom is 0.317 e. The van der Waals surface area contributed by atoms with E-state index in [4.69, 9.17) is 9.84 Å². The van der Waals surface area contributed by atoms with Crippen molar-refractivity contribution in [2.75, 3.05) is 26.7 Å². The molecule has 3 unspecified atom stereocenters. The first kappa shape index (κ1) is 15.8. The quantitative estimate of drug-likeness (QED) is 0.787. The molecule has 0 aromatic rings. The topological polar surface area (TPSA) is 78.9 Å². The Bertz CT molecular complexity index is 322. The Morgan fingerprint density at radius 1 is 1.53 bits per heavy atom. The van der Waals surface area contributed by atoms with E-state index in [1.54, 1.807) is 18.9 Å². The molecule has 0 spiro atoms. The van der Waals surface area contributed by atoms with Gasteiger partial charge in [-0.2, -0.15) is 0 Å². The van der Waals surface area contributed by atoms with E-state index in [0.29, 0.717) is 25.4 Å². The minimum atomic E-state index is -0.833. The fourth-order valence-electron chi connectivity index (χ4n) is 2.16. The van der Waals surface area contributed by atoms with Gasteiger partial charge in [-0.3, -0.25) is 4.79 Å².